The Hall–Kier alpha value is -4.26. The number of pyridine rings is 1. The van der Waals surface area contributed by atoms with Crippen molar-refractivity contribution in [3.05, 3.63) is 65.1 Å². The van der Waals surface area contributed by atoms with E-state index in [1.54, 1.807) is 44.9 Å². The number of alkyl halides is 3. The minimum atomic E-state index is -4.60. The third-order valence-corrected chi connectivity index (χ3v) is 6.44. The molecule has 0 unspecified atom stereocenters. The average molecular weight is 527 g/mol. The van der Waals surface area contributed by atoms with Crippen molar-refractivity contribution >= 4 is 17.5 Å². The number of aryl methyl sites for hydroxylation is 2. The van der Waals surface area contributed by atoms with E-state index >= 15 is 0 Å². The molecule has 0 saturated carbocycles. The summed E-state index contributed by atoms with van der Waals surface area (Å²) in [6.45, 7) is 5.36. The van der Waals surface area contributed by atoms with Gasteiger partial charge in [0, 0.05) is 37.0 Å². The Kier molecular flexibility index (Phi) is 6.61. The van der Waals surface area contributed by atoms with Gasteiger partial charge in [-0.05, 0) is 43.7 Å². The predicted octanol–water partition coefficient (Wildman–Crippen LogP) is 3.79. The molecule has 1 amide bonds. The number of halogens is 3. The van der Waals surface area contributed by atoms with Crippen molar-refractivity contribution in [1.82, 2.24) is 29.8 Å². The predicted molar refractivity (Wildman–Crippen MR) is 133 cm³/mol. The third-order valence-electron chi connectivity index (χ3n) is 6.44. The van der Waals surface area contributed by atoms with Gasteiger partial charge in [0.05, 0.1) is 36.9 Å². The normalized spacial score (nSPS) is 14.1. The van der Waals surface area contributed by atoms with Crippen molar-refractivity contribution in [3.8, 4) is 16.9 Å². The number of amides is 1. The van der Waals surface area contributed by atoms with Crippen LogP contribution < -0.4 is 10.2 Å². The molecule has 0 bridgehead atoms. The van der Waals surface area contributed by atoms with Gasteiger partial charge in [-0.2, -0.15) is 18.3 Å². The molecule has 4 heterocycles. The van der Waals surface area contributed by atoms with Gasteiger partial charge < -0.3 is 15.0 Å². The van der Waals surface area contributed by atoms with E-state index < -0.39 is 17.6 Å². The number of ether oxygens (including phenoxy) is 1. The lowest BCUT2D eigenvalue weighted by Gasteiger charge is -2.28. The highest BCUT2D eigenvalue weighted by Crippen LogP contribution is 2.33. The average Bonchev–Trinajstić information content (AvgIpc) is 3.50. The van der Waals surface area contributed by atoms with Crippen molar-refractivity contribution in [2.75, 3.05) is 36.5 Å². The second kappa shape index (κ2) is 9.89. The number of morpholine rings is 1. The Morgan fingerprint density at radius 3 is 2.55 bits per heavy atom. The van der Waals surface area contributed by atoms with E-state index in [-0.39, 0.29) is 17.2 Å². The maximum Gasteiger partial charge on any atom is 0.416 e. The van der Waals surface area contributed by atoms with Crippen LogP contribution in [0, 0.1) is 13.8 Å². The number of hydrogen-bond donors (Lipinski definition) is 1. The number of nitrogens with zero attached hydrogens (tertiary/aromatic N) is 7. The Bertz CT molecular complexity index is 1490. The highest BCUT2D eigenvalue weighted by atomic mass is 19.4. The van der Waals surface area contributed by atoms with Crippen LogP contribution in [0.15, 0.2) is 42.7 Å². The van der Waals surface area contributed by atoms with Crippen molar-refractivity contribution in [2.24, 2.45) is 7.05 Å². The molecule has 5 rings (SSSR count). The van der Waals surface area contributed by atoms with E-state index in [0.717, 1.165) is 29.0 Å². The lowest BCUT2D eigenvalue weighted by Crippen LogP contribution is -2.37. The highest BCUT2D eigenvalue weighted by molar-refractivity contribution is 6.04. The molecule has 0 aliphatic carbocycles. The fraction of sp³-hybridized carbons (Fsp3) is 0.320. The quantitative estimate of drug-likeness (QED) is 0.422. The van der Waals surface area contributed by atoms with Gasteiger partial charge in [-0.25, -0.2) is 9.67 Å². The van der Waals surface area contributed by atoms with Crippen LogP contribution in [0.5, 0.6) is 0 Å². The summed E-state index contributed by atoms with van der Waals surface area (Å²) in [5.41, 5.74) is 3.14. The number of carbonyl (C=O) groups is 1. The molecule has 1 N–H and O–H groups in total. The summed E-state index contributed by atoms with van der Waals surface area (Å²) >= 11 is 0. The monoisotopic (exact) mass is 526 g/mol. The van der Waals surface area contributed by atoms with Crippen LogP contribution in [0.1, 0.15) is 27.2 Å². The zero-order valence-corrected chi connectivity index (χ0v) is 21.0. The Morgan fingerprint density at radius 2 is 1.87 bits per heavy atom. The van der Waals surface area contributed by atoms with E-state index in [2.05, 4.69) is 25.7 Å². The maximum absolute atomic E-state index is 13.6. The molecular formula is C25H25F3N8O2. The molecule has 1 aromatic carbocycles. The van der Waals surface area contributed by atoms with Crippen LogP contribution >= 0.6 is 0 Å². The zero-order chi connectivity index (χ0) is 27.0. The molecule has 13 heteroatoms. The molecule has 1 fully saturated rings. The summed E-state index contributed by atoms with van der Waals surface area (Å²) in [4.78, 5) is 19.1. The summed E-state index contributed by atoms with van der Waals surface area (Å²) in [7, 11) is 1.83. The molecule has 38 heavy (non-hydrogen) atoms. The van der Waals surface area contributed by atoms with Crippen LogP contribution in [0.2, 0.25) is 0 Å². The second-order valence-electron chi connectivity index (χ2n) is 8.97. The molecule has 0 radical (unpaired) electrons. The van der Waals surface area contributed by atoms with Gasteiger partial charge in [0.25, 0.3) is 5.91 Å². The van der Waals surface area contributed by atoms with Crippen molar-refractivity contribution in [2.45, 2.75) is 20.0 Å². The van der Waals surface area contributed by atoms with E-state index in [1.807, 2.05) is 20.9 Å². The second-order valence-corrected chi connectivity index (χ2v) is 8.97. The maximum atomic E-state index is 13.6. The van der Waals surface area contributed by atoms with E-state index in [0.29, 0.717) is 37.7 Å². The van der Waals surface area contributed by atoms with Crippen molar-refractivity contribution in [1.29, 1.82) is 0 Å². The molecular weight excluding hydrogens is 501 g/mol. The van der Waals surface area contributed by atoms with Gasteiger partial charge in [0.1, 0.15) is 17.3 Å². The molecule has 198 valence electrons. The smallest absolute Gasteiger partial charge is 0.378 e. The van der Waals surface area contributed by atoms with Gasteiger partial charge in [0.15, 0.2) is 0 Å². The number of benzene rings is 1. The first-order chi connectivity index (χ1) is 18.1. The van der Waals surface area contributed by atoms with Gasteiger partial charge >= 0.3 is 6.18 Å². The standard InChI is InChI=1S/C25H25F3N8O2/c1-15-4-5-17(10-21(15)36-14-20(32-33-36)19-13-29-34(3)16(19)2)24(37)31-22-11-18(25(26,27)28)12-23(30-22)35-6-8-38-9-7-35/h4-5,10-14H,6-9H2,1-3H3,(H,30,31,37). The van der Waals surface area contributed by atoms with E-state index in [1.165, 1.54) is 0 Å². The first-order valence-corrected chi connectivity index (χ1v) is 11.9. The number of anilines is 2. The number of nitrogens with one attached hydrogen (secondary N) is 1. The van der Waals surface area contributed by atoms with Gasteiger partial charge in [-0.3, -0.25) is 9.48 Å². The molecule has 3 aromatic heterocycles. The Labute approximate surface area is 216 Å². The van der Waals surface area contributed by atoms with Crippen molar-refractivity contribution in [3.63, 3.8) is 0 Å². The Morgan fingerprint density at radius 1 is 1.11 bits per heavy atom. The van der Waals surface area contributed by atoms with Crippen LogP contribution in [-0.2, 0) is 18.0 Å². The largest absolute Gasteiger partial charge is 0.416 e. The number of carbonyl (C=O) groups excluding carboxylic acids is 1. The van der Waals surface area contributed by atoms with Crippen molar-refractivity contribution < 1.29 is 22.7 Å². The summed E-state index contributed by atoms with van der Waals surface area (Å²) < 4.78 is 49.4. The zero-order valence-electron chi connectivity index (χ0n) is 21.0. The van der Waals surface area contributed by atoms with Crippen LogP contribution in [0.3, 0.4) is 0 Å². The lowest BCUT2D eigenvalue weighted by atomic mass is 10.1. The number of aromatic nitrogens is 6. The van der Waals surface area contributed by atoms with Crippen LogP contribution in [0.25, 0.3) is 16.9 Å². The minimum Gasteiger partial charge on any atom is -0.378 e. The molecule has 0 atom stereocenters. The van der Waals surface area contributed by atoms with Gasteiger partial charge in [0.2, 0.25) is 0 Å². The van der Waals surface area contributed by atoms with E-state index in [9.17, 15) is 18.0 Å². The third kappa shape index (κ3) is 5.09. The fourth-order valence-corrected chi connectivity index (χ4v) is 4.14. The summed E-state index contributed by atoms with van der Waals surface area (Å²) in [5, 5.41) is 15.2. The molecule has 0 spiro atoms. The molecule has 1 aliphatic heterocycles. The number of rotatable bonds is 5. The van der Waals surface area contributed by atoms with E-state index in [4.69, 9.17) is 4.74 Å². The first kappa shape index (κ1) is 25.4. The van der Waals surface area contributed by atoms with Crippen LogP contribution in [-0.4, -0.2) is 62.0 Å². The molecule has 1 saturated heterocycles. The number of hydrogen-bond acceptors (Lipinski definition) is 7. The first-order valence-electron chi connectivity index (χ1n) is 11.9. The highest BCUT2D eigenvalue weighted by Gasteiger charge is 2.32. The SMILES string of the molecule is Cc1ccc(C(=O)Nc2cc(C(F)(F)F)cc(N3CCOCC3)n2)cc1-n1cc(-c2cnn(C)c2C)nn1. The summed E-state index contributed by atoms with van der Waals surface area (Å²) in [5.74, 6) is -0.665. The summed E-state index contributed by atoms with van der Waals surface area (Å²) in [6, 6.07) is 6.75. The minimum absolute atomic E-state index is 0.129. The van der Waals surface area contributed by atoms with Crippen LogP contribution in [0.4, 0.5) is 24.8 Å². The fourth-order valence-electron chi connectivity index (χ4n) is 4.14. The Balaban J connectivity index is 1.43. The molecule has 10 nitrogen and oxygen atoms in total. The van der Waals surface area contributed by atoms with Gasteiger partial charge in [-0.1, -0.05) is 11.3 Å². The lowest BCUT2D eigenvalue weighted by molar-refractivity contribution is -0.137. The van der Waals surface area contributed by atoms with Gasteiger partial charge in [-0.15, -0.1) is 5.10 Å². The summed E-state index contributed by atoms with van der Waals surface area (Å²) in [6.07, 6.45) is -1.16. The molecule has 1 aliphatic rings. The topological polar surface area (TPSA) is 103 Å². The molecule has 4 aromatic rings.